The highest BCUT2D eigenvalue weighted by Crippen LogP contribution is 2.30. The van der Waals surface area contributed by atoms with Gasteiger partial charge in [0.2, 0.25) is 5.95 Å². The molecule has 1 aliphatic rings. The minimum absolute atomic E-state index is 0.379. The maximum absolute atomic E-state index is 12.6. The molecule has 0 amide bonds. The summed E-state index contributed by atoms with van der Waals surface area (Å²) in [5, 5.41) is 6.38. The van der Waals surface area contributed by atoms with Gasteiger partial charge >= 0.3 is 6.18 Å². The fourth-order valence-electron chi connectivity index (χ4n) is 2.99. The minimum atomic E-state index is -4.33. The molecule has 0 atom stereocenters. The van der Waals surface area contributed by atoms with Crippen molar-refractivity contribution in [1.29, 1.82) is 0 Å². The third-order valence-electron chi connectivity index (χ3n) is 4.33. The fraction of sp³-hybridized carbons (Fsp3) is 0.444. The molecule has 1 aromatic heterocycles. The van der Waals surface area contributed by atoms with Crippen LogP contribution >= 0.6 is 0 Å². The van der Waals surface area contributed by atoms with Gasteiger partial charge in [-0.1, -0.05) is 25.7 Å². The molecule has 0 aliphatic heterocycles. The van der Waals surface area contributed by atoms with Gasteiger partial charge < -0.3 is 10.6 Å². The first-order valence-electron chi connectivity index (χ1n) is 8.54. The quantitative estimate of drug-likeness (QED) is 0.728. The summed E-state index contributed by atoms with van der Waals surface area (Å²) in [7, 11) is 0. The molecule has 4 nitrogen and oxygen atoms in total. The molecule has 1 aliphatic carbocycles. The summed E-state index contributed by atoms with van der Waals surface area (Å²) >= 11 is 0. The number of benzene rings is 1. The van der Waals surface area contributed by atoms with Crippen molar-refractivity contribution in [3.63, 3.8) is 0 Å². The molecule has 0 spiro atoms. The van der Waals surface area contributed by atoms with Crippen LogP contribution in [0.1, 0.15) is 44.1 Å². The first kappa shape index (κ1) is 17.5. The Balaban J connectivity index is 1.65. The lowest BCUT2D eigenvalue weighted by atomic mass is 10.1. The standard InChI is InChI=1S/C18H21F3N4/c19-18(20,21)13-7-9-15(10-8-13)23-16-11-12-22-17(25-16)24-14-5-3-1-2-4-6-14/h7-12,14H,1-6H2,(H2,22,23,24,25). The van der Waals surface area contributed by atoms with Gasteiger partial charge in [-0.2, -0.15) is 18.2 Å². The molecule has 3 rings (SSSR count). The lowest BCUT2D eigenvalue weighted by Crippen LogP contribution is -2.20. The smallest absolute Gasteiger partial charge is 0.351 e. The number of rotatable bonds is 4. The van der Waals surface area contributed by atoms with Crippen LogP contribution < -0.4 is 10.6 Å². The van der Waals surface area contributed by atoms with Gasteiger partial charge in [0.05, 0.1) is 5.56 Å². The second kappa shape index (κ2) is 7.72. The van der Waals surface area contributed by atoms with Crippen LogP contribution in [0.15, 0.2) is 36.5 Å². The normalized spacial score (nSPS) is 16.3. The average molecular weight is 350 g/mol. The maximum Gasteiger partial charge on any atom is 0.416 e. The highest BCUT2D eigenvalue weighted by Gasteiger charge is 2.29. The predicted octanol–water partition coefficient (Wildman–Crippen LogP) is 5.37. The Kier molecular flexibility index (Phi) is 5.40. The van der Waals surface area contributed by atoms with Crippen molar-refractivity contribution in [2.24, 2.45) is 0 Å². The SMILES string of the molecule is FC(F)(F)c1ccc(Nc2ccnc(NC3CCCCCC3)n2)cc1. The van der Waals surface area contributed by atoms with Crippen LogP contribution in [-0.2, 0) is 6.18 Å². The lowest BCUT2D eigenvalue weighted by molar-refractivity contribution is -0.137. The molecule has 0 radical (unpaired) electrons. The number of aromatic nitrogens is 2. The number of nitrogens with zero attached hydrogens (tertiary/aromatic N) is 2. The van der Waals surface area contributed by atoms with Crippen LogP contribution in [-0.4, -0.2) is 16.0 Å². The maximum atomic E-state index is 12.6. The lowest BCUT2D eigenvalue weighted by Gasteiger charge is -2.16. The number of anilines is 3. The first-order chi connectivity index (χ1) is 12.0. The van der Waals surface area contributed by atoms with Gasteiger partial charge in [0.15, 0.2) is 0 Å². The number of nitrogens with one attached hydrogen (secondary N) is 2. The molecule has 2 N–H and O–H groups in total. The molecule has 2 aromatic rings. The summed E-state index contributed by atoms with van der Waals surface area (Å²) < 4.78 is 37.8. The van der Waals surface area contributed by atoms with E-state index in [1.807, 2.05) is 0 Å². The van der Waals surface area contributed by atoms with E-state index < -0.39 is 11.7 Å². The Bertz CT molecular complexity index is 677. The zero-order valence-corrected chi connectivity index (χ0v) is 13.8. The van der Waals surface area contributed by atoms with E-state index in [0.717, 1.165) is 25.0 Å². The second-order valence-electron chi connectivity index (χ2n) is 6.30. The van der Waals surface area contributed by atoms with Crippen LogP contribution in [0.3, 0.4) is 0 Å². The van der Waals surface area contributed by atoms with E-state index in [2.05, 4.69) is 20.6 Å². The van der Waals surface area contributed by atoms with Gasteiger partial charge in [-0.15, -0.1) is 0 Å². The van der Waals surface area contributed by atoms with Gasteiger partial charge in [-0.25, -0.2) is 4.98 Å². The minimum Gasteiger partial charge on any atom is -0.351 e. The average Bonchev–Trinajstić information content (AvgIpc) is 2.83. The molecule has 25 heavy (non-hydrogen) atoms. The Labute approximate surface area is 144 Å². The van der Waals surface area contributed by atoms with Crippen molar-refractivity contribution in [3.05, 3.63) is 42.1 Å². The number of hydrogen-bond acceptors (Lipinski definition) is 4. The first-order valence-corrected chi connectivity index (χ1v) is 8.54. The monoisotopic (exact) mass is 350 g/mol. The Morgan fingerprint density at radius 1 is 0.920 bits per heavy atom. The van der Waals surface area contributed by atoms with E-state index in [-0.39, 0.29) is 0 Å². The molecular weight excluding hydrogens is 329 g/mol. The van der Waals surface area contributed by atoms with Crippen LogP contribution in [0.4, 0.5) is 30.6 Å². The zero-order chi connectivity index (χ0) is 17.7. The van der Waals surface area contributed by atoms with Crippen LogP contribution in [0, 0.1) is 0 Å². The molecule has 0 saturated heterocycles. The van der Waals surface area contributed by atoms with Crippen LogP contribution in [0.2, 0.25) is 0 Å². The van der Waals surface area contributed by atoms with Gasteiger partial charge in [-0.3, -0.25) is 0 Å². The Morgan fingerprint density at radius 2 is 1.60 bits per heavy atom. The molecule has 7 heteroatoms. The topological polar surface area (TPSA) is 49.8 Å². The van der Waals surface area contributed by atoms with Gasteiger partial charge in [0, 0.05) is 17.9 Å². The molecule has 0 unspecified atom stereocenters. The van der Waals surface area contributed by atoms with E-state index in [1.54, 1.807) is 12.3 Å². The zero-order valence-electron chi connectivity index (χ0n) is 13.8. The van der Waals surface area contributed by atoms with Crippen LogP contribution in [0.5, 0.6) is 0 Å². The van der Waals surface area contributed by atoms with E-state index in [4.69, 9.17) is 0 Å². The van der Waals surface area contributed by atoms with Crippen molar-refractivity contribution < 1.29 is 13.2 Å². The summed E-state index contributed by atoms with van der Waals surface area (Å²) in [5.74, 6) is 1.09. The largest absolute Gasteiger partial charge is 0.416 e. The molecule has 1 fully saturated rings. The molecule has 134 valence electrons. The second-order valence-corrected chi connectivity index (χ2v) is 6.30. The third kappa shape index (κ3) is 5.08. The number of hydrogen-bond donors (Lipinski definition) is 2. The molecule has 0 bridgehead atoms. The van der Waals surface area contributed by atoms with E-state index in [0.29, 0.717) is 23.5 Å². The molecule has 1 saturated carbocycles. The predicted molar refractivity (Wildman–Crippen MR) is 91.9 cm³/mol. The van der Waals surface area contributed by atoms with Gasteiger partial charge in [-0.05, 0) is 43.2 Å². The summed E-state index contributed by atoms with van der Waals surface area (Å²) in [6.45, 7) is 0. The van der Waals surface area contributed by atoms with Crippen molar-refractivity contribution in [3.8, 4) is 0 Å². The third-order valence-corrected chi connectivity index (χ3v) is 4.33. The van der Waals surface area contributed by atoms with E-state index >= 15 is 0 Å². The van der Waals surface area contributed by atoms with Crippen molar-refractivity contribution in [2.75, 3.05) is 10.6 Å². The highest BCUT2D eigenvalue weighted by molar-refractivity contribution is 5.57. The van der Waals surface area contributed by atoms with E-state index in [1.165, 1.54) is 37.8 Å². The highest BCUT2D eigenvalue weighted by atomic mass is 19.4. The number of halogens is 3. The van der Waals surface area contributed by atoms with Crippen molar-refractivity contribution in [2.45, 2.75) is 50.7 Å². The molecule has 1 aromatic carbocycles. The van der Waals surface area contributed by atoms with Gasteiger partial charge in [0.1, 0.15) is 5.82 Å². The Hall–Kier alpha value is -2.31. The van der Waals surface area contributed by atoms with Crippen molar-refractivity contribution >= 4 is 17.5 Å². The van der Waals surface area contributed by atoms with E-state index in [9.17, 15) is 13.2 Å². The van der Waals surface area contributed by atoms with Gasteiger partial charge in [0.25, 0.3) is 0 Å². The summed E-state index contributed by atoms with van der Waals surface area (Å²) in [6, 6.07) is 6.95. The fourth-order valence-corrected chi connectivity index (χ4v) is 2.99. The number of alkyl halides is 3. The molecule has 1 heterocycles. The molecular formula is C18H21F3N4. The van der Waals surface area contributed by atoms with Crippen LogP contribution in [0.25, 0.3) is 0 Å². The Morgan fingerprint density at radius 3 is 2.24 bits per heavy atom. The van der Waals surface area contributed by atoms with Crippen molar-refractivity contribution in [1.82, 2.24) is 9.97 Å². The summed E-state index contributed by atoms with van der Waals surface area (Å²) in [5.41, 5.74) is -0.122. The summed E-state index contributed by atoms with van der Waals surface area (Å²) in [6.07, 6.45) is 4.49. The summed E-state index contributed by atoms with van der Waals surface area (Å²) in [4.78, 5) is 8.65.